The Morgan fingerprint density at radius 3 is 2.87 bits per heavy atom. The summed E-state index contributed by atoms with van der Waals surface area (Å²) < 4.78 is 2.29. The third-order valence-electron chi connectivity index (χ3n) is 4.41. The summed E-state index contributed by atoms with van der Waals surface area (Å²) in [6.45, 7) is 4.90. The highest BCUT2D eigenvalue weighted by Crippen LogP contribution is 2.26. The number of amides is 1. The van der Waals surface area contributed by atoms with Gasteiger partial charge in [-0.15, -0.1) is 0 Å². The molecule has 0 bridgehead atoms. The molecule has 1 aromatic heterocycles. The number of hydrogen-bond acceptors (Lipinski definition) is 3. The first-order valence-electron chi connectivity index (χ1n) is 8.23. The molecule has 23 heavy (non-hydrogen) atoms. The molecule has 1 aliphatic heterocycles. The number of nitrogens with one attached hydrogen (secondary N) is 2. The van der Waals surface area contributed by atoms with E-state index in [2.05, 4.69) is 33.3 Å². The Kier molecular flexibility index (Phi) is 4.76. The molecular formula is C18H24N4O. The minimum absolute atomic E-state index is 0.0473. The minimum atomic E-state index is -0.0473. The van der Waals surface area contributed by atoms with Crippen LogP contribution in [0.25, 0.3) is 0 Å². The Morgan fingerprint density at radius 1 is 1.35 bits per heavy atom. The van der Waals surface area contributed by atoms with Crippen molar-refractivity contribution < 1.29 is 4.79 Å². The van der Waals surface area contributed by atoms with E-state index >= 15 is 0 Å². The third-order valence-corrected chi connectivity index (χ3v) is 4.41. The zero-order chi connectivity index (χ0) is 16.2. The van der Waals surface area contributed by atoms with E-state index in [1.165, 1.54) is 24.2 Å². The Labute approximate surface area is 137 Å². The van der Waals surface area contributed by atoms with E-state index in [9.17, 15) is 4.79 Å². The number of hydrogen-bond donors (Lipinski definition) is 2. The monoisotopic (exact) mass is 312 g/mol. The van der Waals surface area contributed by atoms with E-state index in [1.54, 1.807) is 7.05 Å². The quantitative estimate of drug-likeness (QED) is 0.890. The van der Waals surface area contributed by atoms with Crippen LogP contribution in [-0.4, -0.2) is 29.1 Å². The van der Waals surface area contributed by atoms with Gasteiger partial charge in [-0.25, -0.2) is 4.98 Å². The van der Waals surface area contributed by atoms with Crippen molar-refractivity contribution in [2.24, 2.45) is 0 Å². The third kappa shape index (κ3) is 3.62. The van der Waals surface area contributed by atoms with Crippen molar-refractivity contribution in [1.29, 1.82) is 0 Å². The van der Waals surface area contributed by atoms with Crippen molar-refractivity contribution in [3.8, 4) is 0 Å². The first kappa shape index (κ1) is 15.7. The van der Waals surface area contributed by atoms with Crippen molar-refractivity contribution >= 4 is 5.91 Å². The first-order chi connectivity index (χ1) is 11.2. The summed E-state index contributed by atoms with van der Waals surface area (Å²) in [7, 11) is 1.65. The van der Waals surface area contributed by atoms with Gasteiger partial charge in [0.05, 0.1) is 5.69 Å². The van der Waals surface area contributed by atoms with Gasteiger partial charge >= 0.3 is 0 Å². The normalized spacial score (nSPS) is 16.9. The van der Waals surface area contributed by atoms with Crippen LogP contribution in [0.5, 0.6) is 0 Å². The maximum Gasteiger partial charge on any atom is 0.251 e. The summed E-state index contributed by atoms with van der Waals surface area (Å²) in [5.74, 6) is 1.66. The van der Waals surface area contributed by atoms with Crippen LogP contribution >= 0.6 is 0 Å². The average Bonchev–Trinajstić information content (AvgIpc) is 2.96. The molecule has 5 nitrogen and oxygen atoms in total. The van der Waals surface area contributed by atoms with E-state index in [0.717, 1.165) is 25.3 Å². The van der Waals surface area contributed by atoms with E-state index < -0.39 is 0 Å². The van der Waals surface area contributed by atoms with Gasteiger partial charge in [0.2, 0.25) is 0 Å². The fourth-order valence-corrected chi connectivity index (χ4v) is 3.21. The van der Waals surface area contributed by atoms with Gasteiger partial charge in [-0.3, -0.25) is 4.79 Å². The molecule has 2 N–H and O–H groups in total. The summed E-state index contributed by atoms with van der Waals surface area (Å²) >= 11 is 0. The number of carbonyl (C=O) groups excluding carboxylic acids is 1. The highest BCUT2D eigenvalue weighted by Gasteiger charge is 2.21. The fraction of sp³-hybridized carbons (Fsp3) is 0.444. The summed E-state index contributed by atoms with van der Waals surface area (Å²) in [6.07, 6.45) is 4.56. The van der Waals surface area contributed by atoms with Crippen LogP contribution in [0, 0.1) is 6.92 Å². The zero-order valence-corrected chi connectivity index (χ0v) is 13.8. The molecule has 0 spiro atoms. The molecule has 0 saturated heterocycles. The first-order valence-corrected chi connectivity index (χ1v) is 8.23. The number of fused-ring (bicyclic) bond motifs is 1. The second-order valence-corrected chi connectivity index (χ2v) is 6.18. The van der Waals surface area contributed by atoms with Gasteiger partial charge in [0.25, 0.3) is 5.91 Å². The lowest BCUT2D eigenvalue weighted by Gasteiger charge is -2.23. The molecule has 122 valence electrons. The molecule has 1 aromatic carbocycles. The van der Waals surface area contributed by atoms with E-state index in [1.807, 2.05) is 24.3 Å². The molecular weight excluding hydrogens is 288 g/mol. The van der Waals surface area contributed by atoms with Crippen LogP contribution in [0.15, 0.2) is 30.5 Å². The Morgan fingerprint density at radius 2 is 2.13 bits per heavy atom. The van der Waals surface area contributed by atoms with Crippen LogP contribution in [0.4, 0.5) is 0 Å². The number of aryl methyl sites for hydroxylation is 2. The Hall–Kier alpha value is -2.14. The summed E-state index contributed by atoms with van der Waals surface area (Å²) in [6, 6.07) is 7.74. The van der Waals surface area contributed by atoms with Crippen molar-refractivity contribution in [3.05, 3.63) is 53.1 Å². The standard InChI is InChI=1S/C18H24N4O/c1-13-12-22-9-3-4-16(17(22)21-13)11-20-10-14-5-7-15(8-6-14)18(23)19-2/h5-8,12,16,20H,3-4,9-11H2,1-2H3,(H,19,23). The second kappa shape index (κ2) is 6.96. The summed E-state index contributed by atoms with van der Waals surface area (Å²) in [5, 5.41) is 6.16. The molecule has 1 unspecified atom stereocenters. The molecule has 1 atom stereocenters. The molecule has 2 aromatic rings. The van der Waals surface area contributed by atoms with Gasteiger partial charge in [-0.05, 0) is 37.5 Å². The lowest BCUT2D eigenvalue weighted by Crippen LogP contribution is -2.26. The van der Waals surface area contributed by atoms with E-state index in [0.29, 0.717) is 11.5 Å². The maximum atomic E-state index is 11.5. The molecule has 1 aliphatic rings. The van der Waals surface area contributed by atoms with Crippen molar-refractivity contribution in [1.82, 2.24) is 20.2 Å². The number of nitrogens with zero attached hydrogens (tertiary/aromatic N) is 2. The number of carbonyl (C=O) groups is 1. The van der Waals surface area contributed by atoms with Crippen LogP contribution in [-0.2, 0) is 13.1 Å². The lowest BCUT2D eigenvalue weighted by atomic mass is 9.99. The largest absolute Gasteiger partial charge is 0.355 e. The predicted molar refractivity (Wildman–Crippen MR) is 90.5 cm³/mol. The SMILES string of the molecule is CNC(=O)c1ccc(CNCC2CCCn3cc(C)nc32)cc1. The lowest BCUT2D eigenvalue weighted by molar-refractivity contribution is 0.0963. The van der Waals surface area contributed by atoms with Crippen LogP contribution in [0.3, 0.4) is 0 Å². The number of benzene rings is 1. The van der Waals surface area contributed by atoms with E-state index in [4.69, 9.17) is 0 Å². The predicted octanol–water partition coefficient (Wildman–Crippen LogP) is 2.22. The molecule has 3 rings (SSSR count). The molecule has 0 radical (unpaired) electrons. The highest BCUT2D eigenvalue weighted by atomic mass is 16.1. The Balaban J connectivity index is 1.55. The molecule has 1 amide bonds. The average molecular weight is 312 g/mol. The minimum Gasteiger partial charge on any atom is -0.355 e. The zero-order valence-electron chi connectivity index (χ0n) is 13.8. The van der Waals surface area contributed by atoms with Gasteiger partial charge in [0.1, 0.15) is 5.82 Å². The maximum absolute atomic E-state index is 11.5. The van der Waals surface area contributed by atoms with Crippen molar-refractivity contribution in [2.45, 2.75) is 38.8 Å². The molecule has 5 heteroatoms. The van der Waals surface area contributed by atoms with Gasteiger partial charge in [-0.1, -0.05) is 12.1 Å². The van der Waals surface area contributed by atoms with Crippen molar-refractivity contribution in [2.75, 3.05) is 13.6 Å². The number of aromatic nitrogens is 2. The van der Waals surface area contributed by atoms with E-state index in [-0.39, 0.29) is 5.91 Å². The Bertz CT molecular complexity index is 675. The van der Waals surface area contributed by atoms with Crippen LogP contribution < -0.4 is 10.6 Å². The fourth-order valence-electron chi connectivity index (χ4n) is 3.21. The molecule has 0 saturated carbocycles. The molecule has 2 heterocycles. The van der Waals surface area contributed by atoms with Crippen LogP contribution in [0.1, 0.15) is 46.2 Å². The highest BCUT2D eigenvalue weighted by molar-refractivity contribution is 5.93. The summed E-state index contributed by atoms with van der Waals surface area (Å²) in [4.78, 5) is 16.2. The van der Waals surface area contributed by atoms with Gasteiger partial charge in [-0.2, -0.15) is 0 Å². The second-order valence-electron chi connectivity index (χ2n) is 6.18. The van der Waals surface area contributed by atoms with Gasteiger partial charge < -0.3 is 15.2 Å². The number of imidazole rings is 1. The summed E-state index contributed by atoms with van der Waals surface area (Å²) in [5.41, 5.74) is 2.99. The van der Waals surface area contributed by atoms with Crippen molar-refractivity contribution in [3.63, 3.8) is 0 Å². The molecule has 0 aliphatic carbocycles. The smallest absolute Gasteiger partial charge is 0.251 e. The van der Waals surface area contributed by atoms with Crippen LogP contribution in [0.2, 0.25) is 0 Å². The number of rotatable bonds is 5. The van der Waals surface area contributed by atoms with Gasteiger partial charge in [0.15, 0.2) is 0 Å². The van der Waals surface area contributed by atoms with Gasteiger partial charge in [0, 0.05) is 44.4 Å². The topological polar surface area (TPSA) is 59.0 Å². The molecule has 0 fully saturated rings.